The van der Waals surface area contributed by atoms with Crippen molar-refractivity contribution >= 4 is 23.5 Å². The fraction of sp³-hybridized carbons (Fsp3) is 0.348. The minimum atomic E-state index is -0.380. The van der Waals surface area contributed by atoms with Gasteiger partial charge in [-0.1, -0.05) is 42.5 Å². The van der Waals surface area contributed by atoms with Gasteiger partial charge < -0.3 is 14.0 Å². The molecule has 1 aliphatic rings. The van der Waals surface area contributed by atoms with Crippen LogP contribution in [0.15, 0.2) is 54.6 Å². The first kappa shape index (κ1) is 19.0. The molecule has 28 heavy (non-hydrogen) atoms. The van der Waals surface area contributed by atoms with E-state index in [2.05, 4.69) is 52.0 Å². The van der Waals surface area contributed by atoms with E-state index in [1.807, 2.05) is 30.3 Å². The summed E-state index contributed by atoms with van der Waals surface area (Å²) in [4.78, 5) is 4.71. The third-order valence-corrected chi connectivity index (χ3v) is 5.83. The maximum Gasteiger partial charge on any atom is 0.494 e. The van der Waals surface area contributed by atoms with Gasteiger partial charge in [0.1, 0.15) is 0 Å². The Kier molecular flexibility index (Phi) is 4.68. The second-order valence-corrected chi connectivity index (χ2v) is 8.36. The Labute approximate surface area is 167 Å². The van der Waals surface area contributed by atoms with Crippen LogP contribution in [0.3, 0.4) is 0 Å². The van der Waals surface area contributed by atoms with Crippen LogP contribution in [0, 0.1) is 0 Å². The molecule has 0 N–H and O–H groups in total. The van der Waals surface area contributed by atoms with Crippen molar-refractivity contribution in [2.75, 3.05) is 7.11 Å². The molecule has 0 aliphatic carbocycles. The van der Waals surface area contributed by atoms with E-state index in [1.165, 1.54) is 5.56 Å². The summed E-state index contributed by atoms with van der Waals surface area (Å²) in [5.74, 6) is 0.666. The van der Waals surface area contributed by atoms with Crippen LogP contribution < -0.4 is 10.2 Å². The van der Waals surface area contributed by atoms with Gasteiger partial charge >= 0.3 is 7.12 Å². The molecule has 1 aliphatic heterocycles. The lowest BCUT2D eigenvalue weighted by Gasteiger charge is -2.32. The van der Waals surface area contributed by atoms with Crippen LogP contribution in [0.25, 0.3) is 10.9 Å². The number of benzene rings is 2. The molecule has 1 saturated heterocycles. The molecule has 3 aromatic rings. The zero-order valence-electron chi connectivity index (χ0n) is 17.2. The first-order chi connectivity index (χ1) is 13.3. The van der Waals surface area contributed by atoms with Crippen LogP contribution in [0.1, 0.15) is 38.8 Å². The number of pyridine rings is 1. The summed E-state index contributed by atoms with van der Waals surface area (Å²) in [5, 5.41) is 1.05. The Morgan fingerprint density at radius 3 is 2.25 bits per heavy atom. The second-order valence-electron chi connectivity index (χ2n) is 8.36. The van der Waals surface area contributed by atoms with Gasteiger partial charge in [0, 0.05) is 17.4 Å². The molecule has 2 heterocycles. The number of rotatable bonds is 4. The van der Waals surface area contributed by atoms with Crippen LogP contribution in [-0.2, 0) is 15.7 Å². The molecule has 4 rings (SSSR count). The third-order valence-electron chi connectivity index (χ3n) is 5.83. The molecule has 4 nitrogen and oxygen atoms in total. The van der Waals surface area contributed by atoms with Gasteiger partial charge in [0.05, 0.1) is 23.8 Å². The maximum absolute atomic E-state index is 6.20. The largest absolute Gasteiger partial charge is 0.494 e. The van der Waals surface area contributed by atoms with Crippen LogP contribution in [0.5, 0.6) is 5.88 Å². The average Bonchev–Trinajstić information content (AvgIpc) is 2.89. The molecule has 0 spiro atoms. The molecule has 0 amide bonds. The monoisotopic (exact) mass is 375 g/mol. The first-order valence-electron chi connectivity index (χ1n) is 9.66. The van der Waals surface area contributed by atoms with Gasteiger partial charge in [-0.05, 0) is 50.9 Å². The average molecular weight is 375 g/mol. The maximum atomic E-state index is 6.20. The molecule has 0 unspecified atom stereocenters. The Morgan fingerprint density at radius 2 is 1.61 bits per heavy atom. The van der Waals surface area contributed by atoms with Crippen molar-refractivity contribution in [3.05, 3.63) is 65.7 Å². The number of fused-ring (bicyclic) bond motifs is 1. The van der Waals surface area contributed by atoms with Crippen molar-refractivity contribution < 1.29 is 14.0 Å². The minimum absolute atomic E-state index is 0.358. The standard InChI is InChI=1S/C23H26BNO3/c1-22(2)23(3,4)28-24(27-22)19-11-12-20-17(15-19)14-18(21(25-20)26-5)13-16-9-7-6-8-10-16/h6-12,14-15H,13H2,1-5H3. The highest BCUT2D eigenvalue weighted by Crippen LogP contribution is 2.36. The summed E-state index contributed by atoms with van der Waals surface area (Å²) in [6, 6.07) is 18.6. The predicted molar refractivity (Wildman–Crippen MR) is 113 cm³/mol. The van der Waals surface area contributed by atoms with E-state index < -0.39 is 0 Å². The molecule has 0 radical (unpaired) electrons. The summed E-state index contributed by atoms with van der Waals surface area (Å²) in [6.07, 6.45) is 0.771. The number of ether oxygens (including phenoxy) is 1. The first-order valence-corrected chi connectivity index (χ1v) is 9.66. The van der Waals surface area contributed by atoms with Gasteiger partial charge in [-0.25, -0.2) is 4.98 Å². The lowest BCUT2D eigenvalue weighted by atomic mass is 9.78. The van der Waals surface area contributed by atoms with Crippen molar-refractivity contribution in [1.29, 1.82) is 0 Å². The van der Waals surface area contributed by atoms with Gasteiger partial charge in [-0.3, -0.25) is 0 Å². The van der Waals surface area contributed by atoms with Gasteiger partial charge in [-0.15, -0.1) is 0 Å². The molecule has 1 fully saturated rings. The summed E-state index contributed by atoms with van der Waals surface area (Å²) in [7, 11) is 1.29. The number of aromatic nitrogens is 1. The summed E-state index contributed by atoms with van der Waals surface area (Å²) >= 11 is 0. The van der Waals surface area contributed by atoms with E-state index in [0.29, 0.717) is 5.88 Å². The molecule has 0 saturated carbocycles. The third kappa shape index (κ3) is 3.40. The fourth-order valence-electron chi connectivity index (χ4n) is 3.47. The van der Waals surface area contributed by atoms with Crippen LogP contribution >= 0.6 is 0 Å². The molecule has 1 aromatic heterocycles. The van der Waals surface area contributed by atoms with Crippen LogP contribution in [0.2, 0.25) is 0 Å². The molecular formula is C23H26BNO3. The van der Waals surface area contributed by atoms with E-state index in [9.17, 15) is 0 Å². The van der Waals surface area contributed by atoms with Crippen molar-refractivity contribution in [2.45, 2.75) is 45.3 Å². The highest BCUT2D eigenvalue weighted by atomic mass is 16.7. The lowest BCUT2D eigenvalue weighted by molar-refractivity contribution is 0.00578. The number of hydrogen-bond acceptors (Lipinski definition) is 4. The lowest BCUT2D eigenvalue weighted by Crippen LogP contribution is -2.41. The number of nitrogens with zero attached hydrogens (tertiary/aromatic N) is 1. The normalized spacial score (nSPS) is 17.8. The molecule has 0 bridgehead atoms. The van der Waals surface area contributed by atoms with Gasteiger partial charge in [-0.2, -0.15) is 0 Å². The molecule has 5 heteroatoms. The molecule has 2 aromatic carbocycles. The molecule has 144 valence electrons. The Hall–Kier alpha value is -2.37. The zero-order chi connectivity index (χ0) is 19.9. The van der Waals surface area contributed by atoms with E-state index in [1.54, 1.807) is 7.11 Å². The molecular weight excluding hydrogens is 349 g/mol. The van der Waals surface area contributed by atoms with E-state index in [-0.39, 0.29) is 18.3 Å². The van der Waals surface area contributed by atoms with Crippen molar-refractivity contribution in [1.82, 2.24) is 4.98 Å². The smallest absolute Gasteiger partial charge is 0.481 e. The summed E-state index contributed by atoms with van der Waals surface area (Å²) < 4.78 is 18.0. The van der Waals surface area contributed by atoms with Gasteiger partial charge in [0.25, 0.3) is 0 Å². The Balaban J connectivity index is 1.71. The number of hydrogen-bond donors (Lipinski definition) is 0. The van der Waals surface area contributed by atoms with Gasteiger partial charge in [0.15, 0.2) is 0 Å². The van der Waals surface area contributed by atoms with E-state index in [4.69, 9.17) is 19.0 Å². The summed E-state index contributed by atoms with van der Waals surface area (Å²) in [6.45, 7) is 8.27. The van der Waals surface area contributed by atoms with E-state index >= 15 is 0 Å². The fourth-order valence-corrected chi connectivity index (χ4v) is 3.47. The van der Waals surface area contributed by atoms with Crippen molar-refractivity contribution in [2.24, 2.45) is 0 Å². The number of methoxy groups -OCH3 is 1. The zero-order valence-corrected chi connectivity index (χ0v) is 17.2. The van der Waals surface area contributed by atoms with Crippen molar-refractivity contribution in [3.63, 3.8) is 0 Å². The summed E-state index contributed by atoms with van der Waals surface area (Å²) in [5.41, 5.74) is 3.47. The Bertz CT molecular complexity index is 985. The highest BCUT2D eigenvalue weighted by Gasteiger charge is 2.51. The van der Waals surface area contributed by atoms with E-state index in [0.717, 1.165) is 28.4 Å². The topological polar surface area (TPSA) is 40.6 Å². The van der Waals surface area contributed by atoms with Gasteiger partial charge in [0.2, 0.25) is 5.88 Å². The molecule has 0 atom stereocenters. The predicted octanol–water partition coefficient (Wildman–Crippen LogP) is 4.13. The second kappa shape index (κ2) is 6.91. The highest BCUT2D eigenvalue weighted by molar-refractivity contribution is 6.62. The van der Waals surface area contributed by atoms with Crippen molar-refractivity contribution in [3.8, 4) is 5.88 Å². The van der Waals surface area contributed by atoms with Crippen LogP contribution in [-0.4, -0.2) is 30.4 Å². The minimum Gasteiger partial charge on any atom is -0.481 e. The Morgan fingerprint density at radius 1 is 0.929 bits per heavy atom. The van der Waals surface area contributed by atoms with Crippen LogP contribution in [0.4, 0.5) is 0 Å². The quantitative estimate of drug-likeness (QED) is 0.643. The SMILES string of the molecule is COc1nc2ccc(B3OC(C)(C)C(C)(C)O3)cc2cc1Cc1ccccc1.